The lowest BCUT2D eigenvalue weighted by molar-refractivity contribution is 0.0602. The lowest BCUT2D eigenvalue weighted by Crippen LogP contribution is -2.08. The molecule has 0 amide bonds. The molecular weight excluding hydrogens is 342 g/mol. The molecule has 5 heteroatoms. The minimum absolute atomic E-state index is 0.258. The summed E-state index contributed by atoms with van der Waals surface area (Å²) in [5.74, 6) is 1.21. The zero-order valence-corrected chi connectivity index (χ0v) is 14.8. The highest BCUT2D eigenvalue weighted by molar-refractivity contribution is 6.07. The fourth-order valence-corrected chi connectivity index (χ4v) is 3.82. The summed E-state index contributed by atoms with van der Waals surface area (Å²) in [6.45, 7) is 0.258. The lowest BCUT2D eigenvalue weighted by atomic mass is 10.0. The van der Waals surface area contributed by atoms with Gasteiger partial charge >= 0.3 is 5.97 Å². The Morgan fingerprint density at radius 1 is 1.11 bits per heavy atom. The molecule has 0 saturated heterocycles. The largest absolute Gasteiger partial charge is 0.465 e. The number of para-hydroxylation sites is 1. The van der Waals surface area contributed by atoms with Gasteiger partial charge in [-0.2, -0.15) is 0 Å². The van der Waals surface area contributed by atoms with E-state index in [0.717, 1.165) is 57.6 Å². The van der Waals surface area contributed by atoms with Crippen LogP contribution in [0.3, 0.4) is 0 Å². The van der Waals surface area contributed by atoms with Crippen LogP contribution in [0.15, 0.2) is 42.5 Å². The molecule has 0 saturated carbocycles. The quantitative estimate of drug-likeness (QED) is 0.641. The van der Waals surface area contributed by atoms with E-state index in [1.807, 2.05) is 42.5 Å². The molecule has 0 spiro atoms. The second-order valence-electron chi connectivity index (χ2n) is 6.60. The second kappa shape index (κ2) is 6.13. The summed E-state index contributed by atoms with van der Waals surface area (Å²) in [4.78, 5) is 17.3. The maximum Gasteiger partial charge on any atom is 0.338 e. The Hall–Kier alpha value is -3.34. The van der Waals surface area contributed by atoms with Crippen LogP contribution in [-0.2, 0) is 11.2 Å². The van der Waals surface area contributed by atoms with E-state index in [0.29, 0.717) is 5.56 Å². The van der Waals surface area contributed by atoms with Gasteiger partial charge in [-0.3, -0.25) is 0 Å². The molecule has 1 aromatic heterocycles. The summed E-state index contributed by atoms with van der Waals surface area (Å²) in [6.07, 6.45) is 3.71. The normalized spacial score (nSPS) is 16.0. The monoisotopic (exact) mass is 359 g/mol. The number of esters is 1. The number of carbonyl (C=O) groups excluding carboxylic acids is 1. The number of benzene rings is 2. The van der Waals surface area contributed by atoms with Gasteiger partial charge in [0.05, 0.1) is 23.9 Å². The van der Waals surface area contributed by atoms with Crippen molar-refractivity contribution in [1.29, 1.82) is 0 Å². The highest BCUT2D eigenvalue weighted by atomic mass is 16.7. The third-order valence-corrected chi connectivity index (χ3v) is 5.07. The number of allylic oxidation sites excluding steroid dienone is 1. The third-order valence-electron chi connectivity index (χ3n) is 5.07. The van der Waals surface area contributed by atoms with E-state index >= 15 is 0 Å². The molecule has 0 unspecified atom stereocenters. The molecule has 0 bridgehead atoms. The number of hydrogen-bond donors (Lipinski definition) is 0. The molecule has 3 aromatic rings. The first kappa shape index (κ1) is 15.9. The molecule has 5 rings (SSSR count). The Morgan fingerprint density at radius 2 is 1.96 bits per heavy atom. The van der Waals surface area contributed by atoms with Crippen molar-refractivity contribution in [2.75, 3.05) is 13.9 Å². The summed E-state index contributed by atoms with van der Waals surface area (Å²) >= 11 is 0. The van der Waals surface area contributed by atoms with Gasteiger partial charge in [-0.25, -0.2) is 9.78 Å². The van der Waals surface area contributed by atoms with Gasteiger partial charge < -0.3 is 14.2 Å². The molecule has 134 valence electrons. The van der Waals surface area contributed by atoms with Gasteiger partial charge in [-0.05, 0) is 53.8 Å². The Morgan fingerprint density at radius 3 is 2.85 bits per heavy atom. The third kappa shape index (κ3) is 2.54. The van der Waals surface area contributed by atoms with Crippen molar-refractivity contribution in [3.05, 3.63) is 64.8 Å². The van der Waals surface area contributed by atoms with E-state index < -0.39 is 0 Å². The summed E-state index contributed by atoms with van der Waals surface area (Å²) < 4.78 is 15.9. The van der Waals surface area contributed by atoms with E-state index in [4.69, 9.17) is 19.2 Å². The minimum atomic E-state index is -0.311. The molecule has 0 atom stereocenters. The number of methoxy groups -OCH3 is 1. The highest BCUT2D eigenvalue weighted by Gasteiger charge is 2.27. The van der Waals surface area contributed by atoms with E-state index in [1.54, 1.807) is 0 Å². The van der Waals surface area contributed by atoms with E-state index in [2.05, 4.69) is 6.08 Å². The van der Waals surface area contributed by atoms with Crippen molar-refractivity contribution < 1.29 is 19.0 Å². The Kier molecular flexibility index (Phi) is 3.60. The van der Waals surface area contributed by atoms with E-state index in [-0.39, 0.29) is 12.8 Å². The topological polar surface area (TPSA) is 57.7 Å². The average Bonchev–Trinajstić information content (AvgIpc) is 3.32. The smallest absolute Gasteiger partial charge is 0.338 e. The van der Waals surface area contributed by atoms with Crippen molar-refractivity contribution in [2.45, 2.75) is 12.8 Å². The Balaban J connectivity index is 1.66. The molecule has 1 aliphatic carbocycles. The van der Waals surface area contributed by atoms with Gasteiger partial charge in [-0.1, -0.05) is 24.3 Å². The fraction of sp³-hybridized carbons (Fsp3) is 0.182. The van der Waals surface area contributed by atoms with Gasteiger partial charge in [0.25, 0.3) is 0 Å². The summed E-state index contributed by atoms with van der Waals surface area (Å²) in [5.41, 5.74) is 5.41. The second-order valence-corrected chi connectivity index (χ2v) is 6.60. The van der Waals surface area contributed by atoms with Crippen molar-refractivity contribution in [2.24, 2.45) is 0 Å². The molecule has 0 fully saturated rings. The van der Waals surface area contributed by atoms with E-state index in [9.17, 15) is 4.79 Å². The van der Waals surface area contributed by atoms with Crippen molar-refractivity contribution in [1.82, 2.24) is 4.98 Å². The molecule has 0 radical (unpaired) electrons. The van der Waals surface area contributed by atoms with Gasteiger partial charge in [0.2, 0.25) is 6.79 Å². The highest BCUT2D eigenvalue weighted by Crippen LogP contribution is 2.39. The number of pyridine rings is 1. The molecule has 5 nitrogen and oxygen atoms in total. The standard InChI is InChI=1S/C22H17NO4/c1-25-22(24)20-15-4-2-3-5-17(15)23-21-14(7-8-16(20)21)10-13-6-9-18-19(11-13)27-12-26-18/h2-6,9-11H,7-8,12H2,1H3/b14-10+. The Bertz CT molecular complexity index is 1120. The number of ether oxygens (including phenoxy) is 3. The number of aromatic nitrogens is 1. The minimum Gasteiger partial charge on any atom is -0.465 e. The molecular formula is C22H17NO4. The van der Waals surface area contributed by atoms with Crippen LogP contribution in [0.2, 0.25) is 0 Å². The molecule has 2 heterocycles. The van der Waals surface area contributed by atoms with Gasteiger partial charge in [0, 0.05) is 5.39 Å². The fourth-order valence-electron chi connectivity index (χ4n) is 3.82. The number of rotatable bonds is 2. The predicted molar refractivity (Wildman–Crippen MR) is 102 cm³/mol. The molecule has 2 aromatic carbocycles. The molecule has 0 N–H and O–H groups in total. The molecule has 1 aliphatic heterocycles. The summed E-state index contributed by atoms with van der Waals surface area (Å²) in [7, 11) is 1.42. The van der Waals surface area contributed by atoms with Crippen LogP contribution in [0, 0.1) is 0 Å². The van der Waals surface area contributed by atoms with Crippen molar-refractivity contribution in [3.63, 3.8) is 0 Å². The number of carbonyl (C=O) groups is 1. The van der Waals surface area contributed by atoms with E-state index in [1.165, 1.54) is 7.11 Å². The first-order valence-electron chi connectivity index (χ1n) is 8.85. The number of fused-ring (bicyclic) bond motifs is 3. The first-order valence-corrected chi connectivity index (χ1v) is 8.85. The van der Waals surface area contributed by atoms with Gasteiger partial charge in [0.1, 0.15) is 0 Å². The van der Waals surface area contributed by atoms with Crippen LogP contribution in [0.4, 0.5) is 0 Å². The number of hydrogen-bond acceptors (Lipinski definition) is 5. The number of nitrogens with zero attached hydrogens (tertiary/aromatic N) is 1. The predicted octanol–water partition coefficient (Wildman–Crippen LogP) is 4.24. The zero-order chi connectivity index (χ0) is 18.4. The van der Waals surface area contributed by atoms with Crippen LogP contribution >= 0.6 is 0 Å². The van der Waals surface area contributed by atoms with Crippen LogP contribution in [0.25, 0.3) is 22.6 Å². The van der Waals surface area contributed by atoms with Gasteiger partial charge in [-0.15, -0.1) is 0 Å². The lowest BCUT2D eigenvalue weighted by Gasteiger charge is -2.10. The van der Waals surface area contributed by atoms with Crippen LogP contribution in [0.1, 0.15) is 33.6 Å². The Labute approximate surface area is 156 Å². The first-order chi connectivity index (χ1) is 13.2. The SMILES string of the molecule is COC(=O)c1c2c(nc3ccccc13)/C(=C/c1ccc3c(c1)OCO3)CC2. The van der Waals surface area contributed by atoms with Crippen LogP contribution in [0.5, 0.6) is 11.5 Å². The molecule has 27 heavy (non-hydrogen) atoms. The maximum atomic E-state index is 12.5. The summed E-state index contributed by atoms with van der Waals surface area (Å²) in [5, 5.41) is 0.840. The zero-order valence-electron chi connectivity index (χ0n) is 14.8. The van der Waals surface area contributed by atoms with Crippen LogP contribution in [-0.4, -0.2) is 24.9 Å². The van der Waals surface area contributed by atoms with Crippen molar-refractivity contribution in [3.8, 4) is 11.5 Å². The average molecular weight is 359 g/mol. The summed E-state index contributed by atoms with van der Waals surface area (Å²) in [6, 6.07) is 13.6. The maximum absolute atomic E-state index is 12.5. The molecule has 2 aliphatic rings. The van der Waals surface area contributed by atoms with Crippen molar-refractivity contribution >= 4 is 28.5 Å². The van der Waals surface area contributed by atoms with Crippen LogP contribution < -0.4 is 9.47 Å². The van der Waals surface area contributed by atoms with Gasteiger partial charge in [0.15, 0.2) is 11.5 Å².